The van der Waals surface area contributed by atoms with Gasteiger partial charge in [-0.1, -0.05) is 12.1 Å². The van der Waals surface area contributed by atoms with E-state index in [1.165, 1.54) is 22.6 Å². The number of nitro groups is 1. The highest BCUT2D eigenvalue weighted by molar-refractivity contribution is 7.98. The molecule has 0 amide bonds. The van der Waals surface area contributed by atoms with E-state index in [9.17, 15) is 10.1 Å². The van der Waals surface area contributed by atoms with Crippen LogP contribution in [0, 0.1) is 10.1 Å². The molecule has 5 heteroatoms. The van der Waals surface area contributed by atoms with Crippen molar-refractivity contribution in [1.82, 2.24) is 0 Å². The molecule has 0 aromatic heterocycles. The van der Waals surface area contributed by atoms with Crippen molar-refractivity contribution in [3.63, 3.8) is 0 Å². The van der Waals surface area contributed by atoms with E-state index < -0.39 is 4.92 Å². The minimum atomic E-state index is -0.398. The third-order valence-corrected chi connectivity index (χ3v) is 3.48. The molecular weight excluding hydrogens is 260 g/mol. The number of benzene rings is 2. The monoisotopic (exact) mass is 274 g/mol. The normalized spacial score (nSPS) is 10.2. The summed E-state index contributed by atoms with van der Waals surface area (Å²) in [6, 6.07) is 14.7. The van der Waals surface area contributed by atoms with Crippen LogP contribution in [0.5, 0.6) is 0 Å². The SMILES string of the molecule is CSc1ccc(CNc2ccc([N+](=O)[O-])cc2)cc1. The van der Waals surface area contributed by atoms with E-state index in [0.717, 1.165) is 5.69 Å². The van der Waals surface area contributed by atoms with Crippen LogP contribution < -0.4 is 5.32 Å². The van der Waals surface area contributed by atoms with Crippen molar-refractivity contribution in [3.05, 3.63) is 64.2 Å². The van der Waals surface area contributed by atoms with Crippen LogP contribution in [-0.2, 0) is 6.54 Å². The second kappa shape index (κ2) is 6.24. The molecule has 0 radical (unpaired) electrons. The van der Waals surface area contributed by atoms with Crippen molar-refractivity contribution in [2.45, 2.75) is 11.4 Å². The van der Waals surface area contributed by atoms with Crippen molar-refractivity contribution in [2.24, 2.45) is 0 Å². The van der Waals surface area contributed by atoms with Crippen molar-refractivity contribution in [1.29, 1.82) is 0 Å². The maximum atomic E-state index is 10.5. The zero-order valence-electron chi connectivity index (χ0n) is 10.5. The van der Waals surface area contributed by atoms with Crippen LogP contribution in [0.2, 0.25) is 0 Å². The van der Waals surface area contributed by atoms with E-state index in [1.807, 2.05) is 6.26 Å². The van der Waals surface area contributed by atoms with Crippen LogP contribution in [0.1, 0.15) is 5.56 Å². The minimum Gasteiger partial charge on any atom is -0.381 e. The average Bonchev–Trinajstić information content (AvgIpc) is 2.46. The fourth-order valence-corrected chi connectivity index (χ4v) is 2.06. The summed E-state index contributed by atoms with van der Waals surface area (Å²) in [7, 11) is 0. The second-order valence-electron chi connectivity index (χ2n) is 4.01. The summed E-state index contributed by atoms with van der Waals surface area (Å²) >= 11 is 1.71. The van der Waals surface area contributed by atoms with Crippen LogP contribution in [0.4, 0.5) is 11.4 Å². The first kappa shape index (κ1) is 13.4. The molecule has 4 nitrogen and oxygen atoms in total. The molecule has 0 fully saturated rings. The first-order valence-electron chi connectivity index (χ1n) is 5.80. The summed E-state index contributed by atoms with van der Waals surface area (Å²) in [5.41, 5.74) is 2.16. The Morgan fingerprint density at radius 2 is 1.74 bits per heavy atom. The summed E-state index contributed by atoms with van der Waals surface area (Å²) in [6.07, 6.45) is 2.05. The molecule has 2 aromatic rings. The maximum Gasteiger partial charge on any atom is 0.269 e. The zero-order chi connectivity index (χ0) is 13.7. The minimum absolute atomic E-state index is 0.106. The number of hydrogen-bond donors (Lipinski definition) is 1. The smallest absolute Gasteiger partial charge is 0.269 e. The standard InChI is InChI=1S/C14H14N2O2S/c1-19-14-8-2-11(3-9-14)10-15-12-4-6-13(7-5-12)16(17)18/h2-9,15H,10H2,1H3. The Labute approximate surface area is 116 Å². The van der Waals surface area contributed by atoms with Gasteiger partial charge >= 0.3 is 0 Å². The highest BCUT2D eigenvalue weighted by Crippen LogP contribution is 2.18. The van der Waals surface area contributed by atoms with Gasteiger partial charge < -0.3 is 5.32 Å². The molecule has 0 aliphatic rings. The average molecular weight is 274 g/mol. The third-order valence-electron chi connectivity index (χ3n) is 2.73. The second-order valence-corrected chi connectivity index (χ2v) is 4.89. The first-order valence-corrected chi connectivity index (χ1v) is 7.03. The van der Waals surface area contributed by atoms with Crippen LogP contribution in [0.15, 0.2) is 53.4 Å². The van der Waals surface area contributed by atoms with E-state index in [2.05, 4.69) is 29.6 Å². The summed E-state index contributed by atoms with van der Waals surface area (Å²) in [5.74, 6) is 0. The van der Waals surface area contributed by atoms with Crippen molar-refractivity contribution < 1.29 is 4.92 Å². The van der Waals surface area contributed by atoms with Gasteiger partial charge in [0.15, 0.2) is 0 Å². The van der Waals surface area contributed by atoms with E-state index >= 15 is 0 Å². The van der Waals surface area contributed by atoms with E-state index in [4.69, 9.17) is 0 Å². The molecule has 0 unspecified atom stereocenters. The number of nitrogens with zero attached hydrogens (tertiary/aromatic N) is 1. The van der Waals surface area contributed by atoms with Gasteiger partial charge in [-0.05, 0) is 36.1 Å². The van der Waals surface area contributed by atoms with Gasteiger partial charge in [-0.3, -0.25) is 10.1 Å². The number of non-ortho nitro benzene ring substituents is 1. The Hall–Kier alpha value is -2.01. The summed E-state index contributed by atoms with van der Waals surface area (Å²) < 4.78 is 0. The lowest BCUT2D eigenvalue weighted by Crippen LogP contribution is -1.99. The molecule has 0 spiro atoms. The van der Waals surface area contributed by atoms with Gasteiger partial charge in [0.1, 0.15) is 0 Å². The van der Waals surface area contributed by atoms with Gasteiger partial charge in [0.25, 0.3) is 5.69 Å². The number of anilines is 1. The van der Waals surface area contributed by atoms with E-state index in [0.29, 0.717) is 6.54 Å². The fourth-order valence-electron chi connectivity index (χ4n) is 1.65. The first-order chi connectivity index (χ1) is 9.19. The van der Waals surface area contributed by atoms with Crippen LogP contribution >= 0.6 is 11.8 Å². The van der Waals surface area contributed by atoms with Crippen LogP contribution in [0.25, 0.3) is 0 Å². The predicted molar refractivity (Wildman–Crippen MR) is 78.6 cm³/mol. The molecular formula is C14H14N2O2S. The molecule has 0 aliphatic carbocycles. The Morgan fingerprint density at radius 3 is 2.26 bits per heavy atom. The summed E-state index contributed by atoms with van der Waals surface area (Å²) in [4.78, 5) is 11.4. The molecule has 0 saturated heterocycles. The van der Waals surface area contributed by atoms with Gasteiger partial charge in [-0.2, -0.15) is 0 Å². The molecule has 0 bridgehead atoms. The van der Waals surface area contributed by atoms with Crippen LogP contribution in [-0.4, -0.2) is 11.2 Å². The molecule has 1 N–H and O–H groups in total. The Balaban J connectivity index is 1.95. The third kappa shape index (κ3) is 3.72. The van der Waals surface area contributed by atoms with Gasteiger partial charge in [0.2, 0.25) is 0 Å². The van der Waals surface area contributed by atoms with Crippen LogP contribution in [0.3, 0.4) is 0 Å². The molecule has 0 heterocycles. The molecule has 2 aromatic carbocycles. The molecule has 98 valence electrons. The fraction of sp³-hybridized carbons (Fsp3) is 0.143. The maximum absolute atomic E-state index is 10.5. The number of nitrogens with one attached hydrogen (secondary N) is 1. The quantitative estimate of drug-likeness (QED) is 0.510. The topological polar surface area (TPSA) is 55.2 Å². The Kier molecular flexibility index (Phi) is 4.41. The summed E-state index contributed by atoms with van der Waals surface area (Å²) in [6.45, 7) is 0.701. The number of rotatable bonds is 5. The van der Waals surface area contributed by atoms with Crippen molar-refractivity contribution in [2.75, 3.05) is 11.6 Å². The van der Waals surface area contributed by atoms with Gasteiger partial charge in [-0.25, -0.2) is 0 Å². The number of thioether (sulfide) groups is 1. The molecule has 0 aliphatic heterocycles. The van der Waals surface area contributed by atoms with Crippen molar-refractivity contribution >= 4 is 23.1 Å². The lowest BCUT2D eigenvalue weighted by molar-refractivity contribution is -0.384. The molecule has 19 heavy (non-hydrogen) atoms. The Bertz CT molecular complexity index is 553. The lowest BCUT2D eigenvalue weighted by atomic mass is 10.2. The highest BCUT2D eigenvalue weighted by atomic mass is 32.2. The molecule has 2 rings (SSSR count). The van der Waals surface area contributed by atoms with Gasteiger partial charge in [-0.15, -0.1) is 11.8 Å². The molecule has 0 saturated carbocycles. The van der Waals surface area contributed by atoms with E-state index in [1.54, 1.807) is 23.9 Å². The van der Waals surface area contributed by atoms with Gasteiger partial charge in [0.05, 0.1) is 4.92 Å². The number of hydrogen-bond acceptors (Lipinski definition) is 4. The Morgan fingerprint density at radius 1 is 1.11 bits per heavy atom. The molecule has 0 atom stereocenters. The predicted octanol–water partition coefficient (Wildman–Crippen LogP) is 3.93. The van der Waals surface area contributed by atoms with Gasteiger partial charge in [0, 0.05) is 29.3 Å². The number of nitro benzene ring substituents is 1. The lowest BCUT2D eigenvalue weighted by Gasteiger charge is -2.06. The summed E-state index contributed by atoms with van der Waals surface area (Å²) in [5, 5.41) is 13.8. The van der Waals surface area contributed by atoms with Crippen molar-refractivity contribution in [3.8, 4) is 0 Å². The largest absolute Gasteiger partial charge is 0.381 e. The highest BCUT2D eigenvalue weighted by Gasteiger charge is 2.03. The zero-order valence-corrected chi connectivity index (χ0v) is 11.3. The van der Waals surface area contributed by atoms with E-state index in [-0.39, 0.29) is 5.69 Å².